The second kappa shape index (κ2) is 13.1. The minimum Gasteiger partial charge on any atom is -0.497 e. The average Bonchev–Trinajstić information content (AvgIpc) is 2.82. The molecule has 2 aromatic rings. The first-order valence-corrected chi connectivity index (χ1v) is 10.9. The van der Waals surface area contributed by atoms with E-state index in [9.17, 15) is 14.4 Å². The summed E-state index contributed by atoms with van der Waals surface area (Å²) in [4.78, 5) is 37.3. The molecule has 0 bridgehead atoms. The number of amides is 2. The highest BCUT2D eigenvalue weighted by Gasteiger charge is 2.27. The van der Waals surface area contributed by atoms with Crippen LogP contribution in [0.1, 0.15) is 29.8 Å². The minimum absolute atomic E-state index is 0.256. The smallest absolute Gasteiger partial charge is 0.329 e. The first-order valence-electron chi connectivity index (χ1n) is 10.9. The number of rotatable bonds is 12. The first kappa shape index (κ1) is 26.5. The van der Waals surface area contributed by atoms with E-state index in [1.165, 1.54) is 26.4 Å². The number of methoxy groups -OCH3 is 2. The second-order valence-electron chi connectivity index (χ2n) is 7.92. The van der Waals surface area contributed by atoms with Crippen molar-refractivity contribution < 1.29 is 33.3 Å². The monoisotopic (exact) mass is 472 g/mol. The standard InChI is InChI=1S/C25H32N2O7/c1-16(2)23(27-24(29)18-12-20(31-4)14-21(13-18)32-5)25(30)34-15-22(28)26-9-10-33-19-8-6-7-17(3)11-19/h6-8,11-14,16,23H,9-10,15H2,1-5H3,(H,26,28)(H,27,29). The van der Waals surface area contributed by atoms with Crippen LogP contribution in [0.25, 0.3) is 0 Å². The maximum Gasteiger partial charge on any atom is 0.329 e. The third-order valence-corrected chi connectivity index (χ3v) is 4.85. The minimum atomic E-state index is -0.942. The lowest BCUT2D eigenvalue weighted by Crippen LogP contribution is -2.46. The molecule has 2 aromatic carbocycles. The molecule has 0 saturated heterocycles. The van der Waals surface area contributed by atoms with E-state index >= 15 is 0 Å². The van der Waals surface area contributed by atoms with Gasteiger partial charge in [0.2, 0.25) is 0 Å². The zero-order chi connectivity index (χ0) is 25.1. The molecule has 1 unspecified atom stereocenters. The average molecular weight is 473 g/mol. The van der Waals surface area contributed by atoms with Crippen LogP contribution in [-0.2, 0) is 14.3 Å². The number of hydrogen-bond donors (Lipinski definition) is 2. The highest BCUT2D eigenvalue weighted by atomic mass is 16.5. The van der Waals surface area contributed by atoms with Gasteiger partial charge in [0.15, 0.2) is 6.61 Å². The Labute approximate surface area is 199 Å². The van der Waals surface area contributed by atoms with Gasteiger partial charge in [0, 0.05) is 11.6 Å². The van der Waals surface area contributed by atoms with Crippen molar-refractivity contribution in [2.45, 2.75) is 26.8 Å². The highest BCUT2D eigenvalue weighted by Crippen LogP contribution is 2.22. The molecule has 0 aliphatic heterocycles. The molecule has 9 heteroatoms. The molecule has 1 atom stereocenters. The summed E-state index contributed by atoms with van der Waals surface area (Å²) < 4.78 is 21.0. The van der Waals surface area contributed by atoms with Gasteiger partial charge < -0.3 is 29.6 Å². The summed E-state index contributed by atoms with van der Waals surface area (Å²) in [5.41, 5.74) is 1.34. The van der Waals surface area contributed by atoms with E-state index < -0.39 is 30.4 Å². The van der Waals surface area contributed by atoms with Crippen LogP contribution >= 0.6 is 0 Å². The number of ether oxygens (including phenoxy) is 4. The van der Waals surface area contributed by atoms with E-state index in [0.29, 0.717) is 17.2 Å². The molecule has 184 valence electrons. The van der Waals surface area contributed by atoms with Crippen molar-refractivity contribution in [1.29, 1.82) is 0 Å². The van der Waals surface area contributed by atoms with Crippen LogP contribution < -0.4 is 24.8 Å². The van der Waals surface area contributed by atoms with Crippen LogP contribution in [-0.4, -0.2) is 57.8 Å². The number of esters is 1. The van der Waals surface area contributed by atoms with E-state index in [4.69, 9.17) is 18.9 Å². The number of benzene rings is 2. The van der Waals surface area contributed by atoms with E-state index in [2.05, 4.69) is 10.6 Å². The molecule has 0 fully saturated rings. The second-order valence-corrected chi connectivity index (χ2v) is 7.92. The number of hydrogen-bond acceptors (Lipinski definition) is 7. The maximum absolute atomic E-state index is 12.7. The predicted octanol–water partition coefficient (Wildman–Crippen LogP) is 2.51. The molecule has 0 aromatic heterocycles. The molecule has 34 heavy (non-hydrogen) atoms. The predicted molar refractivity (Wildman–Crippen MR) is 126 cm³/mol. The number of aryl methyl sites for hydroxylation is 1. The van der Waals surface area contributed by atoms with Crippen LogP contribution in [0.5, 0.6) is 17.2 Å². The highest BCUT2D eigenvalue weighted by molar-refractivity contribution is 5.97. The summed E-state index contributed by atoms with van der Waals surface area (Å²) in [6.45, 7) is 5.56. The quantitative estimate of drug-likeness (QED) is 0.361. The van der Waals surface area contributed by atoms with Gasteiger partial charge in [-0.2, -0.15) is 0 Å². The molecular weight excluding hydrogens is 440 g/mol. The van der Waals surface area contributed by atoms with Crippen LogP contribution in [0.3, 0.4) is 0 Å². The van der Waals surface area contributed by atoms with Gasteiger partial charge in [-0.3, -0.25) is 9.59 Å². The van der Waals surface area contributed by atoms with Gasteiger partial charge in [0.1, 0.15) is 29.9 Å². The number of carbonyl (C=O) groups is 3. The van der Waals surface area contributed by atoms with Gasteiger partial charge in [-0.05, 0) is 42.7 Å². The van der Waals surface area contributed by atoms with E-state index in [0.717, 1.165) is 5.56 Å². The van der Waals surface area contributed by atoms with Crippen molar-refractivity contribution in [3.63, 3.8) is 0 Å². The Morgan fingerprint density at radius 3 is 2.21 bits per heavy atom. The van der Waals surface area contributed by atoms with Crippen LogP contribution in [0.2, 0.25) is 0 Å². The Bertz CT molecular complexity index is 969. The molecular formula is C25H32N2O7. The number of nitrogens with one attached hydrogen (secondary N) is 2. The SMILES string of the molecule is COc1cc(OC)cc(C(=O)NC(C(=O)OCC(=O)NCCOc2cccc(C)c2)C(C)C)c1. The Hall–Kier alpha value is -3.75. The third kappa shape index (κ3) is 8.31. The van der Waals surface area contributed by atoms with E-state index in [1.54, 1.807) is 19.9 Å². The van der Waals surface area contributed by atoms with Gasteiger partial charge >= 0.3 is 5.97 Å². The Balaban J connectivity index is 1.83. The Morgan fingerprint density at radius 1 is 0.941 bits per heavy atom. The Morgan fingerprint density at radius 2 is 1.62 bits per heavy atom. The lowest BCUT2D eigenvalue weighted by molar-refractivity contribution is -0.151. The van der Waals surface area contributed by atoms with Crippen molar-refractivity contribution in [2.75, 3.05) is 34.0 Å². The molecule has 9 nitrogen and oxygen atoms in total. The van der Waals surface area contributed by atoms with Crippen molar-refractivity contribution in [3.05, 3.63) is 53.6 Å². The molecule has 0 spiro atoms. The van der Waals surface area contributed by atoms with Crippen LogP contribution in [0.15, 0.2) is 42.5 Å². The summed E-state index contributed by atoms with van der Waals surface area (Å²) in [6.07, 6.45) is 0. The molecule has 0 aliphatic rings. The van der Waals surface area contributed by atoms with Gasteiger partial charge in [0.25, 0.3) is 11.8 Å². The zero-order valence-corrected chi connectivity index (χ0v) is 20.2. The summed E-state index contributed by atoms with van der Waals surface area (Å²) in [6, 6.07) is 11.3. The van der Waals surface area contributed by atoms with Crippen LogP contribution in [0, 0.1) is 12.8 Å². The topological polar surface area (TPSA) is 112 Å². The molecule has 2 N–H and O–H groups in total. The lowest BCUT2D eigenvalue weighted by Gasteiger charge is -2.21. The number of carbonyl (C=O) groups excluding carboxylic acids is 3. The third-order valence-electron chi connectivity index (χ3n) is 4.85. The normalized spacial score (nSPS) is 11.4. The molecule has 2 amide bonds. The molecule has 0 saturated carbocycles. The molecule has 0 aliphatic carbocycles. The van der Waals surface area contributed by atoms with Gasteiger partial charge in [0.05, 0.1) is 20.8 Å². The summed E-state index contributed by atoms with van der Waals surface area (Å²) in [5.74, 6) is -0.338. The first-order chi connectivity index (χ1) is 16.2. The molecule has 2 rings (SSSR count). The summed E-state index contributed by atoms with van der Waals surface area (Å²) in [7, 11) is 2.95. The van der Waals surface area contributed by atoms with Gasteiger partial charge in [-0.25, -0.2) is 4.79 Å². The van der Waals surface area contributed by atoms with Crippen molar-refractivity contribution >= 4 is 17.8 Å². The lowest BCUT2D eigenvalue weighted by atomic mass is 10.0. The van der Waals surface area contributed by atoms with Crippen LogP contribution in [0.4, 0.5) is 0 Å². The molecule has 0 heterocycles. The fraction of sp³-hybridized carbons (Fsp3) is 0.400. The van der Waals surface area contributed by atoms with Gasteiger partial charge in [-0.15, -0.1) is 0 Å². The van der Waals surface area contributed by atoms with Crippen molar-refractivity contribution in [2.24, 2.45) is 5.92 Å². The maximum atomic E-state index is 12.7. The van der Waals surface area contributed by atoms with E-state index in [-0.39, 0.29) is 24.6 Å². The fourth-order valence-corrected chi connectivity index (χ4v) is 3.00. The fourth-order valence-electron chi connectivity index (χ4n) is 3.00. The molecule has 0 radical (unpaired) electrons. The van der Waals surface area contributed by atoms with Crippen molar-refractivity contribution in [1.82, 2.24) is 10.6 Å². The van der Waals surface area contributed by atoms with Gasteiger partial charge in [-0.1, -0.05) is 26.0 Å². The van der Waals surface area contributed by atoms with E-state index in [1.807, 2.05) is 31.2 Å². The zero-order valence-electron chi connectivity index (χ0n) is 20.2. The Kier molecular flexibility index (Phi) is 10.2. The summed E-state index contributed by atoms with van der Waals surface area (Å²) in [5, 5.41) is 5.28. The largest absolute Gasteiger partial charge is 0.497 e. The van der Waals surface area contributed by atoms with Crippen molar-refractivity contribution in [3.8, 4) is 17.2 Å². The summed E-state index contributed by atoms with van der Waals surface area (Å²) >= 11 is 0.